The lowest BCUT2D eigenvalue weighted by Gasteiger charge is -2.44. The molecule has 0 saturated heterocycles. The Morgan fingerprint density at radius 1 is 0.742 bits per heavy atom. The van der Waals surface area contributed by atoms with Gasteiger partial charge in [-0.15, -0.1) is 0 Å². The van der Waals surface area contributed by atoms with Gasteiger partial charge in [-0.3, -0.25) is 4.74 Å². The van der Waals surface area contributed by atoms with Crippen molar-refractivity contribution in [2.45, 2.75) is 118 Å². The van der Waals surface area contributed by atoms with Crippen LogP contribution in [0.4, 0.5) is 0 Å². The smallest absolute Gasteiger partial charge is 0.382 e. The zero-order valence-corrected chi connectivity index (χ0v) is 21.6. The third-order valence-corrected chi connectivity index (χ3v) is 4.02. The highest BCUT2D eigenvalue weighted by Gasteiger charge is 2.53. The summed E-state index contributed by atoms with van der Waals surface area (Å²) in [4.78, 5) is 0. The summed E-state index contributed by atoms with van der Waals surface area (Å²) in [7, 11) is 1.61. The predicted molar refractivity (Wildman–Crippen MR) is 119 cm³/mol. The molecule has 0 aromatic rings. The van der Waals surface area contributed by atoms with Crippen LogP contribution < -0.4 is 0 Å². The second-order valence-electron chi connectivity index (χ2n) is 8.38. The number of hydrogen-bond acceptors (Lipinski definition) is 8. The number of ether oxygens (including phenoxy) is 8. The Kier molecular flexibility index (Phi) is 15.3. The van der Waals surface area contributed by atoms with E-state index >= 15 is 0 Å². The van der Waals surface area contributed by atoms with Crippen molar-refractivity contribution in [1.29, 1.82) is 0 Å². The van der Waals surface area contributed by atoms with Crippen LogP contribution in [-0.4, -0.2) is 63.7 Å². The summed E-state index contributed by atoms with van der Waals surface area (Å²) in [6.45, 7) is 18.6. The molecule has 3 atom stereocenters. The van der Waals surface area contributed by atoms with E-state index in [1.54, 1.807) is 7.11 Å². The Labute approximate surface area is 190 Å². The second-order valence-corrected chi connectivity index (χ2v) is 8.38. The molecule has 0 bridgehead atoms. The van der Waals surface area contributed by atoms with Gasteiger partial charge in [0.1, 0.15) is 0 Å². The molecule has 0 amide bonds. The van der Waals surface area contributed by atoms with Gasteiger partial charge in [-0.1, -0.05) is 27.2 Å². The average Bonchev–Trinajstić information content (AvgIpc) is 2.65. The van der Waals surface area contributed by atoms with Gasteiger partial charge in [0.05, 0.1) is 44.2 Å². The van der Waals surface area contributed by atoms with Gasteiger partial charge in [0.2, 0.25) is 0 Å². The molecule has 8 heteroatoms. The normalized spacial score (nSPS) is 17.5. The molecule has 8 nitrogen and oxygen atoms in total. The summed E-state index contributed by atoms with van der Waals surface area (Å²) in [5, 5.41) is 0. The minimum Gasteiger partial charge on any atom is -0.382 e. The van der Waals surface area contributed by atoms with Crippen LogP contribution in [0.25, 0.3) is 0 Å². The third-order valence-electron chi connectivity index (χ3n) is 4.02. The van der Waals surface area contributed by atoms with Crippen molar-refractivity contribution in [3.63, 3.8) is 0 Å². The first-order chi connectivity index (χ1) is 14.5. The molecule has 0 aliphatic carbocycles. The van der Waals surface area contributed by atoms with E-state index in [1.165, 1.54) is 0 Å². The lowest BCUT2D eigenvalue weighted by atomic mass is 10.1. The fraction of sp³-hybridized carbons (Fsp3) is 1.00. The Hall–Kier alpha value is -0.320. The van der Waals surface area contributed by atoms with E-state index < -0.39 is 17.9 Å². The van der Waals surface area contributed by atoms with Gasteiger partial charge in [0.25, 0.3) is 0 Å². The van der Waals surface area contributed by atoms with Gasteiger partial charge < -0.3 is 28.4 Å². The van der Waals surface area contributed by atoms with Gasteiger partial charge in [0.15, 0.2) is 0 Å². The highest BCUT2D eigenvalue weighted by molar-refractivity contribution is 4.70. The fourth-order valence-corrected chi connectivity index (χ4v) is 2.59. The van der Waals surface area contributed by atoms with Crippen LogP contribution in [0.15, 0.2) is 0 Å². The molecular formula is C23H48O8. The first kappa shape index (κ1) is 30.7. The Balaban J connectivity index is 6.27. The second kappa shape index (κ2) is 15.5. The minimum absolute atomic E-state index is 0.232. The molecule has 0 radical (unpaired) electrons. The van der Waals surface area contributed by atoms with Gasteiger partial charge in [0, 0.05) is 7.11 Å². The van der Waals surface area contributed by atoms with Crippen molar-refractivity contribution in [3.05, 3.63) is 0 Å². The molecule has 0 saturated carbocycles. The van der Waals surface area contributed by atoms with Crippen LogP contribution in [0.3, 0.4) is 0 Å². The zero-order chi connectivity index (χ0) is 24.0. The standard InChI is InChI=1S/C23H48O8/c1-11-15-17-27-23(29-20(7)13-3,30-21(8,9)18-24-10)31-22(25-14-4,26-16-12-2)28-19(5)6/h19-20H,11-18H2,1-10H3. The summed E-state index contributed by atoms with van der Waals surface area (Å²) in [5.41, 5.74) is -0.797. The van der Waals surface area contributed by atoms with Crippen molar-refractivity contribution in [3.8, 4) is 0 Å². The highest BCUT2D eigenvalue weighted by atomic mass is 17.1. The molecule has 0 aliphatic rings. The average molecular weight is 453 g/mol. The third kappa shape index (κ3) is 12.5. The molecule has 0 N–H and O–H groups in total. The molecule has 0 heterocycles. The Morgan fingerprint density at radius 3 is 1.87 bits per heavy atom. The van der Waals surface area contributed by atoms with E-state index in [0.29, 0.717) is 19.8 Å². The molecule has 0 aromatic heterocycles. The van der Waals surface area contributed by atoms with Crippen molar-refractivity contribution in [2.24, 2.45) is 0 Å². The van der Waals surface area contributed by atoms with Crippen LogP contribution in [0.5, 0.6) is 0 Å². The molecule has 0 spiro atoms. The maximum atomic E-state index is 6.32. The van der Waals surface area contributed by atoms with Crippen molar-refractivity contribution >= 4 is 0 Å². The first-order valence-corrected chi connectivity index (χ1v) is 11.7. The summed E-state index contributed by atoms with van der Waals surface area (Å²) in [6, 6.07) is 0. The summed E-state index contributed by atoms with van der Waals surface area (Å²) in [5.74, 6) is 0. The van der Waals surface area contributed by atoms with Gasteiger partial charge in [-0.2, -0.15) is 0 Å². The van der Waals surface area contributed by atoms with Crippen LogP contribution >= 0.6 is 0 Å². The minimum atomic E-state index is -1.93. The summed E-state index contributed by atoms with van der Waals surface area (Å²) >= 11 is 0. The largest absolute Gasteiger partial charge is 0.419 e. The van der Waals surface area contributed by atoms with E-state index in [0.717, 1.165) is 25.7 Å². The number of rotatable bonds is 20. The molecular weight excluding hydrogens is 404 g/mol. The highest BCUT2D eigenvalue weighted by Crippen LogP contribution is 2.35. The Bertz CT molecular complexity index is 445. The molecule has 0 aliphatic heterocycles. The van der Waals surface area contributed by atoms with Crippen molar-refractivity contribution in [1.82, 2.24) is 0 Å². The van der Waals surface area contributed by atoms with E-state index in [9.17, 15) is 0 Å². The predicted octanol–water partition coefficient (Wildman–Crippen LogP) is 5.19. The maximum Gasteiger partial charge on any atom is 0.419 e. The molecule has 3 unspecified atom stereocenters. The van der Waals surface area contributed by atoms with Gasteiger partial charge in [-0.25, -0.2) is 4.74 Å². The van der Waals surface area contributed by atoms with Crippen LogP contribution in [0.1, 0.15) is 88.0 Å². The lowest BCUT2D eigenvalue weighted by Crippen LogP contribution is -2.58. The van der Waals surface area contributed by atoms with Gasteiger partial charge >= 0.3 is 12.3 Å². The number of hydrogen-bond donors (Lipinski definition) is 0. The fourth-order valence-electron chi connectivity index (χ4n) is 2.59. The zero-order valence-electron chi connectivity index (χ0n) is 21.6. The van der Waals surface area contributed by atoms with E-state index in [4.69, 9.17) is 37.9 Å². The maximum absolute atomic E-state index is 6.32. The lowest BCUT2D eigenvalue weighted by molar-refractivity contribution is -0.633. The van der Waals surface area contributed by atoms with Crippen LogP contribution in [0, 0.1) is 0 Å². The monoisotopic (exact) mass is 452 g/mol. The van der Waals surface area contributed by atoms with Crippen LogP contribution in [0.2, 0.25) is 0 Å². The number of methoxy groups -OCH3 is 1. The first-order valence-electron chi connectivity index (χ1n) is 11.7. The summed E-state index contributed by atoms with van der Waals surface area (Å²) in [6.07, 6.45) is -1.08. The SMILES string of the molecule is CCCCOC(OC(C)CC)(OC(C)(C)COC)OC(OCC)(OCCC)OC(C)C. The molecule has 188 valence electrons. The molecule has 0 fully saturated rings. The number of unbranched alkanes of at least 4 members (excludes halogenated alkanes) is 1. The molecule has 31 heavy (non-hydrogen) atoms. The molecule has 0 rings (SSSR count). The topological polar surface area (TPSA) is 73.8 Å². The van der Waals surface area contributed by atoms with E-state index in [-0.39, 0.29) is 18.8 Å². The van der Waals surface area contributed by atoms with Crippen molar-refractivity contribution in [2.75, 3.05) is 33.5 Å². The van der Waals surface area contributed by atoms with Gasteiger partial charge in [-0.05, 0) is 60.8 Å². The van der Waals surface area contributed by atoms with Crippen molar-refractivity contribution < 1.29 is 37.9 Å². The molecule has 0 aromatic carbocycles. The van der Waals surface area contributed by atoms with Crippen LogP contribution in [-0.2, 0) is 37.9 Å². The quantitative estimate of drug-likeness (QED) is 0.185. The van der Waals surface area contributed by atoms with E-state index in [1.807, 2.05) is 55.4 Å². The van der Waals surface area contributed by atoms with E-state index in [2.05, 4.69) is 6.92 Å². The Morgan fingerprint density at radius 2 is 1.39 bits per heavy atom. The summed E-state index contributed by atoms with van der Waals surface area (Å²) < 4.78 is 48.1.